The molecule has 1 heterocycles. The number of carbonyl (C=O) groups excluding carboxylic acids is 1. The Labute approximate surface area is 144 Å². The van der Waals surface area contributed by atoms with Crippen molar-refractivity contribution < 1.29 is 9.53 Å². The fraction of sp³-hybridized carbons (Fsp3) is 0.400. The van der Waals surface area contributed by atoms with Crippen molar-refractivity contribution in [3.8, 4) is 5.75 Å². The Morgan fingerprint density at radius 1 is 1.35 bits per heavy atom. The van der Waals surface area contributed by atoms with Gasteiger partial charge in [-0.2, -0.15) is 0 Å². The van der Waals surface area contributed by atoms with Gasteiger partial charge < -0.3 is 15.0 Å². The number of carbonyl (C=O) groups is 1. The number of hydrogen-bond acceptors (Lipinski definition) is 7. The number of nitrogens with one attached hydrogen (secondary N) is 1. The number of aromatic nitrogens is 2. The standard InChI is InChI=1S/C15H20N4O2S2/c1-4-21-12-7-5-11(6-8-12)9-19(3)13(20)10-22-15-18-17-14(16-2)23-15/h5-8H,4,9-10H2,1-3H3,(H,16,17). The normalized spacial score (nSPS) is 10.4. The van der Waals surface area contributed by atoms with Gasteiger partial charge in [-0.1, -0.05) is 35.2 Å². The second-order valence-corrected chi connectivity index (χ2v) is 6.94. The number of benzene rings is 1. The van der Waals surface area contributed by atoms with Gasteiger partial charge in [-0.05, 0) is 24.6 Å². The van der Waals surface area contributed by atoms with Gasteiger partial charge in [-0.3, -0.25) is 4.79 Å². The van der Waals surface area contributed by atoms with Crippen LogP contribution in [0.2, 0.25) is 0 Å². The Kier molecular flexibility index (Phi) is 6.66. The van der Waals surface area contributed by atoms with Gasteiger partial charge in [-0.25, -0.2) is 0 Å². The molecule has 124 valence electrons. The molecule has 0 unspecified atom stereocenters. The smallest absolute Gasteiger partial charge is 0.233 e. The topological polar surface area (TPSA) is 67.3 Å². The Bertz CT molecular complexity index is 631. The number of anilines is 1. The van der Waals surface area contributed by atoms with E-state index >= 15 is 0 Å². The predicted octanol–water partition coefficient (Wildman–Crippen LogP) is 2.73. The molecule has 0 aliphatic rings. The molecule has 2 rings (SSSR count). The van der Waals surface area contributed by atoms with Crippen molar-refractivity contribution in [3.05, 3.63) is 29.8 Å². The molecule has 0 bridgehead atoms. The molecule has 0 aliphatic carbocycles. The second-order valence-electron chi connectivity index (χ2n) is 4.74. The Balaban J connectivity index is 1.82. The summed E-state index contributed by atoms with van der Waals surface area (Å²) >= 11 is 2.85. The first-order valence-corrected chi connectivity index (χ1v) is 9.02. The average molecular weight is 352 g/mol. The minimum atomic E-state index is 0.0603. The molecular formula is C15H20N4O2S2. The first-order valence-electron chi connectivity index (χ1n) is 7.22. The minimum Gasteiger partial charge on any atom is -0.494 e. The highest BCUT2D eigenvalue weighted by Crippen LogP contribution is 2.25. The summed E-state index contributed by atoms with van der Waals surface area (Å²) in [5, 5.41) is 11.6. The van der Waals surface area contributed by atoms with Crippen molar-refractivity contribution in [2.75, 3.05) is 31.8 Å². The SMILES string of the molecule is CCOc1ccc(CN(C)C(=O)CSc2nnc(NC)s2)cc1. The van der Waals surface area contributed by atoms with Crippen LogP contribution >= 0.6 is 23.1 Å². The Morgan fingerprint density at radius 2 is 2.09 bits per heavy atom. The molecule has 0 saturated carbocycles. The number of hydrogen-bond donors (Lipinski definition) is 1. The Morgan fingerprint density at radius 3 is 2.70 bits per heavy atom. The van der Waals surface area contributed by atoms with Crippen LogP contribution in [0.3, 0.4) is 0 Å². The van der Waals surface area contributed by atoms with Gasteiger partial charge in [0.15, 0.2) is 4.34 Å². The van der Waals surface area contributed by atoms with E-state index in [1.807, 2.05) is 31.2 Å². The quantitative estimate of drug-likeness (QED) is 0.737. The molecule has 0 radical (unpaired) electrons. The summed E-state index contributed by atoms with van der Waals surface area (Å²) in [6, 6.07) is 7.80. The molecule has 6 nitrogen and oxygen atoms in total. The molecule has 0 atom stereocenters. The molecular weight excluding hydrogens is 332 g/mol. The third kappa shape index (κ3) is 5.40. The zero-order valence-corrected chi connectivity index (χ0v) is 15.0. The Hall–Kier alpha value is -1.80. The van der Waals surface area contributed by atoms with Gasteiger partial charge >= 0.3 is 0 Å². The summed E-state index contributed by atoms with van der Waals surface area (Å²) in [6.07, 6.45) is 0. The van der Waals surface area contributed by atoms with Gasteiger partial charge in [-0.15, -0.1) is 10.2 Å². The van der Waals surface area contributed by atoms with Gasteiger partial charge in [0, 0.05) is 20.6 Å². The molecule has 1 N–H and O–H groups in total. The maximum Gasteiger partial charge on any atom is 0.233 e. The lowest BCUT2D eigenvalue weighted by atomic mass is 10.2. The van der Waals surface area contributed by atoms with Crippen LogP contribution in [-0.2, 0) is 11.3 Å². The van der Waals surface area contributed by atoms with Gasteiger partial charge in [0.2, 0.25) is 11.0 Å². The fourth-order valence-corrected chi connectivity index (χ4v) is 3.47. The van der Waals surface area contributed by atoms with E-state index in [0.29, 0.717) is 18.9 Å². The summed E-state index contributed by atoms with van der Waals surface area (Å²) in [4.78, 5) is 13.9. The zero-order valence-electron chi connectivity index (χ0n) is 13.4. The van der Waals surface area contributed by atoms with E-state index in [1.54, 1.807) is 19.0 Å². The van der Waals surface area contributed by atoms with Crippen molar-refractivity contribution >= 4 is 34.1 Å². The molecule has 8 heteroatoms. The third-order valence-electron chi connectivity index (χ3n) is 3.02. The lowest BCUT2D eigenvalue weighted by molar-refractivity contribution is -0.127. The summed E-state index contributed by atoms with van der Waals surface area (Å²) in [7, 11) is 3.60. The summed E-state index contributed by atoms with van der Waals surface area (Å²) in [5.74, 6) is 1.26. The van der Waals surface area contributed by atoms with E-state index in [-0.39, 0.29) is 5.91 Å². The number of amides is 1. The molecule has 0 fully saturated rings. The largest absolute Gasteiger partial charge is 0.494 e. The second kappa shape index (κ2) is 8.73. The van der Waals surface area contributed by atoms with Crippen LogP contribution in [-0.4, -0.2) is 47.5 Å². The van der Waals surface area contributed by atoms with Crippen molar-refractivity contribution in [1.82, 2.24) is 15.1 Å². The van der Waals surface area contributed by atoms with Crippen molar-refractivity contribution in [2.24, 2.45) is 0 Å². The maximum atomic E-state index is 12.2. The number of nitrogens with zero attached hydrogens (tertiary/aromatic N) is 3. The lowest BCUT2D eigenvalue weighted by Gasteiger charge is -2.17. The van der Waals surface area contributed by atoms with Crippen LogP contribution in [0.4, 0.5) is 5.13 Å². The average Bonchev–Trinajstić information content (AvgIpc) is 3.02. The van der Waals surface area contributed by atoms with Gasteiger partial charge in [0.25, 0.3) is 0 Å². The lowest BCUT2D eigenvalue weighted by Crippen LogP contribution is -2.27. The molecule has 1 amide bonds. The van der Waals surface area contributed by atoms with E-state index < -0.39 is 0 Å². The summed E-state index contributed by atoms with van der Waals surface area (Å²) in [5.41, 5.74) is 1.07. The molecule has 1 aromatic carbocycles. The predicted molar refractivity (Wildman–Crippen MR) is 94.3 cm³/mol. The summed E-state index contributed by atoms with van der Waals surface area (Å²) < 4.78 is 6.20. The fourth-order valence-electron chi connectivity index (χ4n) is 1.82. The van der Waals surface area contributed by atoms with E-state index in [0.717, 1.165) is 20.8 Å². The van der Waals surface area contributed by atoms with Crippen LogP contribution in [0, 0.1) is 0 Å². The van der Waals surface area contributed by atoms with Crippen LogP contribution in [0.15, 0.2) is 28.6 Å². The molecule has 0 spiro atoms. The van der Waals surface area contributed by atoms with E-state index in [1.165, 1.54) is 23.1 Å². The number of thioether (sulfide) groups is 1. The monoisotopic (exact) mass is 352 g/mol. The van der Waals surface area contributed by atoms with E-state index in [4.69, 9.17) is 4.74 Å². The first kappa shape index (κ1) is 17.6. The van der Waals surface area contributed by atoms with Gasteiger partial charge in [0.1, 0.15) is 5.75 Å². The number of ether oxygens (including phenoxy) is 1. The van der Waals surface area contributed by atoms with Gasteiger partial charge in [0.05, 0.1) is 12.4 Å². The van der Waals surface area contributed by atoms with Crippen LogP contribution < -0.4 is 10.1 Å². The zero-order chi connectivity index (χ0) is 16.7. The van der Waals surface area contributed by atoms with Crippen LogP contribution in [0.5, 0.6) is 5.75 Å². The molecule has 0 aliphatic heterocycles. The highest BCUT2D eigenvalue weighted by Gasteiger charge is 2.12. The third-order valence-corrected chi connectivity index (χ3v) is 5.08. The molecule has 23 heavy (non-hydrogen) atoms. The maximum absolute atomic E-state index is 12.2. The van der Waals surface area contributed by atoms with Crippen molar-refractivity contribution in [1.29, 1.82) is 0 Å². The van der Waals surface area contributed by atoms with Crippen LogP contribution in [0.25, 0.3) is 0 Å². The number of rotatable bonds is 8. The highest BCUT2D eigenvalue weighted by atomic mass is 32.2. The highest BCUT2D eigenvalue weighted by molar-refractivity contribution is 8.01. The molecule has 0 saturated heterocycles. The van der Waals surface area contributed by atoms with Crippen molar-refractivity contribution in [3.63, 3.8) is 0 Å². The first-order chi connectivity index (χ1) is 11.1. The van der Waals surface area contributed by atoms with E-state index in [2.05, 4.69) is 15.5 Å². The molecule has 2 aromatic rings. The van der Waals surface area contributed by atoms with E-state index in [9.17, 15) is 4.79 Å². The summed E-state index contributed by atoms with van der Waals surface area (Å²) in [6.45, 7) is 3.18. The minimum absolute atomic E-state index is 0.0603. The van der Waals surface area contributed by atoms with Crippen molar-refractivity contribution in [2.45, 2.75) is 17.8 Å². The van der Waals surface area contributed by atoms with Crippen LogP contribution in [0.1, 0.15) is 12.5 Å². The molecule has 1 aromatic heterocycles.